The Morgan fingerprint density at radius 1 is 1.70 bits per heavy atom. The van der Waals surface area contributed by atoms with Crippen molar-refractivity contribution >= 4 is 6.08 Å². The Balaban J connectivity index is 2.54. The van der Waals surface area contributed by atoms with Gasteiger partial charge in [0.1, 0.15) is 12.2 Å². The van der Waals surface area contributed by atoms with Crippen LogP contribution in [0.15, 0.2) is 4.99 Å². The van der Waals surface area contributed by atoms with Crippen LogP contribution < -0.4 is 0 Å². The van der Waals surface area contributed by atoms with Crippen molar-refractivity contribution in [1.82, 2.24) is 4.90 Å². The number of aliphatic imine (C=N–C) groups is 1. The fraction of sp³-hybridized carbons (Fsp3) is 0.833. The van der Waals surface area contributed by atoms with Crippen molar-refractivity contribution in [1.29, 1.82) is 0 Å². The molecule has 0 radical (unpaired) electrons. The molecule has 0 bridgehead atoms. The van der Waals surface area contributed by atoms with Gasteiger partial charge in [-0.2, -0.15) is 4.99 Å². The summed E-state index contributed by atoms with van der Waals surface area (Å²) in [4.78, 5) is 14.9. The van der Waals surface area contributed by atoms with Crippen molar-refractivity contribution in [3.05, 3.63) is 0 Å². The fourth-order valence-electron chi connectivity index (χ4n) is 1.12. The van der Waals surface area contributed by atoms with Crippen LogP contribution in [-0.4, -0.2) is 43.3 Å². The second kappa shape index (κ2) is 2.90. The molecule has 0 saturated carbocycles. The minimum absolute atomic E-state index is 0.371. The molecule has 0 amide bonds. The molecular weight excluding hydrogens is 135 g/mol. The van der Waals surface area contributed by atoms with Gasteiger partial charge in [0.15, 0.2) is 0 Å². The number of isocyanates is 1. The first-order valence-electron chi connectivity index (χ1n) is 3.13. The fourth-order valence-corrected chi connectivity index (χ4v) is 1.12. The van der Waals surface area contributed by atoms with E-state index in [1.54, 1.807) is 11.9 Å². The second-order valence-electron chi connectivity index (χ2n) is 2.52. The number of halogens is 1. The zero-order valence-corrected chi connectivity index (χ0v) is 5.75. The van der Waals surface area contributed by atoms with E-state index in [2.05, 4.69) is 4.99 Å². The van der Waals surface area contributed by atoms with E-state index in [0.717, 1.165) is 0 Å². The van der Waals surface area contributed by atoms with Crippen molar-refractivity contribution in [3.63, 3.8) is 0 Å². The standard InChI is InChI=1S/C6H9FN2O/c1-9-2-5(7)6(3-9)8-4-10/h5-6H,2-3H2,1H3. The number of hydrogen-bond acceptors (Lipinski definition) is 3. The first kappa shape index (κ1) is 7.38. The summed E-state index contributed by atoms with van der Waals surface area (Å²) < 4.78 is 12.7. The first-order valence-corrected chi connectivity index (χ1v) is 3.13. The van der Waals surface area contributed by atoms with E-state index >= 15 is 0 Å². The average Bonchev–Trinajstić information content (AvgIpc) is 2.13. The Morgan fingerprint density at radius 2 is 2.40 bits per heavy atom. The van der Waals surface area contributed by atoms with Crippen LogP contribution in [0.2, 0.25) is 0 Å². The van der Waals surface area contributed by atoms with Crippen molar-refractivity contribution in [3.8, 4) is 0 Å². The molecule has 0 aliphatic carbocycles. The quantitative estimate of drug-likeness (QED) is 0.382. The third-order valence-corrected chi connectivity index (χ3v) is 1.62. The SMILES string of the molecule is CN1CC(F)C(N=C=O)C1. The molecule has 1 rings (SSSR count). The van der Waals surface area contributed by atoms with Gasteiger partial charge in [-0.15, -0.1) is 0 Å². The molecule has 1 heterocycles. The average molecular weight is 144 g/mol. The molecule has 10 heavy (non-hydrogen) atoms. The number of hydrogen-bond donors (Lipinski definition) is 0. The van der Waals surface area contributed by atoms with Gasteiger partial charge in [-0.25, -0.2) is 9.18 Å². The summed E-state index contributed by atoms with van der Waals surface area (Å²) in [5, 5.41) is 0. The number of rotatable bonds is 1. The minimum Gasteiger partial charge on any atom is -0.301 e. The van der Waals surface area contributed by atoms with Crippen LogP contribution in [0.5, 0.6) is 0 Å². The highest BCUT2D eigenvalue weighted by atomic mass is 19.1. The third-order valence-electron chi connectivity index (χ3n) is 1.62. The molecular formula is C6H9FN2O. The first-order chi connectivity index (χ1) is 4.74. The van der Waals surface area contributed by atoms with Gasteiger partial charge in [0.05, 0.1) is 0 Å². The molecule has 56 valence electrons. The van der Waals surface area contributed by atoms with E-state index in [1.165, 1.54) is 6.08 Å². The number of likely N-dealkylation sites (tertiary alicyclic amines) is 1. The highest BCUT2D eigenvalue weighted by Gasteiger charge is 2.30. The molecule has 2 atom stereocenters. The predicted molar refractivity (Wildman–Crippen MR) is 34.3 cm³/mol. The highest BCUT2D eigenvalue weighted by Crippen LogP contribution is 2.13. The summed E-state index contributed by atoms with van der Waals surface area (Å²) in [5.41, 5.74) is 0. The summed E-state index contributed by atoms with van der Waals surface area (Å²) in [5.74, 6) is 0. The predicted octanol–water partition coefficient (Wildman–Crippen LogP) is -0.0257. The van der Waals surface area contributed by atoms with Crippen molar-refractivity contribution < 1.29 is 9.18 Å². The Labute approximate surface area is 58.5 Å². The molecule has 0 spiro atoms. The molecule has 0 aromatic carbocycles. The Hall–Kier alpha value is -0.730. The lowest BCUT2D eigenvalue weighted by Crippen LogP contribution is -2.16. The highest BCUT2D eigenvalue weighted by molar-refractivity contribution is 5.34. The van der Waals surface area contributed by atoms with Crippen LogP contribution in [0.4, 0.5) is 4.39 Å². The van der Waals surface area contributed by atoms with E-state index in [4.69, 9.17) is 0 Å². The molecule has 2 unspecified atom stereocenters. The second-order valence-corrected chi connectivity index (χ2v) is 2.52. The maximum atomic E-state index is 12.7. The molecule has 1 aliphatic rings. The van der Waals surface area contributed by atoms with E-state index in [9.17, 15) is 9.18 Å². The van der Waals surface area contributed by atoms with Gasteiger partial charge in [0.25, 0.3) is 0 Å². The van der Waals surface area contributed by atoms with Crippen LogP contribution in [0.3, 0.4) is 0 Å². The van der Waals surface area contributed by atoms with Gasteiger partial charge in [0, 0.05) is 13.1 Å². The zero-order valence-electron chi connectivity index (χ0n) is 5.75. The lowest BCUT2D eigenvalue weighted by molar-refractivity contribution is 0.309. The molecule has 1 saturated heterocycles. The van der Waals surface area contributed by atoms with Crippen molar-refractivity contribution in [2.75, 3.05) is 20.1 Å². The summed E-state index contributed by atoms with van der Waals surface area (Å²) in [7, 11) is 1.80. The summed E-state index contributed by atoms with van der Waals surface area (Å²) in [6.07, 6.45) is 0.375. The van der Waals surface area contributed by atoms with Crippen LogP contribution in [-0.2, 0) is 4.79 Å². The lowest BCUT2D eigenvalue weighted by atomic mass is 10.2. The van der Waals surface area contributed by atoms with Crippen molar-refractivity contribution in [2.24, 2.45) is 4.99 Å². The number of alkyl halides is 1. The maximum absolute atomic E-state index is 12.7. The number of carbonyl (C=O) groups excluding carboxylic acids is 1. The monoisotopic (exact) mass is 144 g/mol. The molecule has 0 aromatic heterocycles. The number of likely N-dealkylation sites (N-methyl/N-ethyl adjacent to an activating group) is 1. The molecule has 3 nitrogen and oxygen atoms in total. The lowest BCUT2D eigenvalue weighted by Gasteiger charge is -2.02. The topological polar surface area (TPSA) is 32.7 Å². The van der Waals surface area contributed by atoms with Gasteiger partial charge >= 0.3 is 0 Å². The molecule has 0 N–H and O–H groups in total. The number of nitrogens with zero attached hydrogens (tertiary/aromatic N) is 2. The zero-order chi connectivity index (χ0) is 7.56. The Bertz CT molecular complexity index is 167. The smallest absolute Gasteiger partial charge is 0.235 e. The summed E-state index contributed by atoms with van der Waals surface area (Å²) in [6, 6.07) is -0.484. The minimum atomic E-state index is -0.994. The van der Waals surface area contributed by atoms with Crippen LogP contribution in [0.25, 0.3) is 0 Å². The maximum Gasteiger partial charge on any atom is 0.235 e. The van der Waals surface area contributed by atoms with Crippen LogP contribution in [0.1, 0.15) is 0 Å². The van der Waals surface area contributed by atoms with Gasteiger partial charge in [-0.05, 0) is 7.05 Å². The van der Waals surface area contributed by atoms with E-state index < -0.39 is 12.2 Å². The summed E-state index contributed by atoms with van der Waals surface area (Å²) in [6.45, 7) is 0.895. The van der Waals surface area contributed by atoms with Gasteiger partial charge in [0.2, 0.25) is 6.08 Å². The normalized spacial score (nSPS) is 33.8. The van der Waals surface area contributed by atoms with Crippen LogP contribution >= 0.6 is 0 Å². The van der Waals surface area contributed by atoms with Crippen molar-refractivity contribution in [2.45, 2.75) is 12.2 Å². The van der Waals surface area contributed by atoms with E-state index in [-0.39, 0.29) is 0 Å². The summed E-state index contributed by atoms with van der Waals surface area (Å²) >= 11 is 0. The largest absolute Gasteiger partial charge is 0.301 e. The van der Waals surface area contributed by atoms with Gasteiger partial charge in [-0.1, -0.05) is 0 Å². The third kappa shape index (κ3) is 1.40. The molecule has 0 aromatic rings. The Morgan fingerprint density at radius 3 is 2.80 bits per heavy atom. The van der Waals surface area contributed by atoms with Gasteiger partial charge < -0.3 is 4.90 Å². The molecule has 1 fully saturated rings. The Kier molecular flexibility index (Phi) is 2.14. The van der Waals surface area contributed by atoms with Crippen LogP contribution in [0, 0.1) is 0 Å². The van der Waals surface area contributed by atoms with Gasteiger partial charge in [-0.3, -0.25) is 0 Å². The van der Waals surface area contributed by atoms with E-state index in [0.29, 0.717) is 13.1 Å². The molecule has 1 aliphatic heterocycles. The van der Waals surface area contributed by atoms with E-state index in [1.807, 2.05) is 0 Å². The molecule has 4 heteroatoms.